The number of pyridine rings is 1. The molecule has 1 aliphatic heterocycles. The molecule has 0 amide bonds. The van der Waals surface area contributed by atoms with Crippen molar-refractivity contribution in [2.24, 2.45) is 7.05 Å². The van der Waals surface area contributed by atoms with E-state index in [2.05, 4.69) is 24.1 Å². The fourth-order valence-electron chi connectivity index (χ4n) is 3.86. The van der Waals surface area contributed by atoms with E-state index in [1.165, 1.54) is 10.6 Å². The molecular formula is C22H24N2O2S. The summed E-state index contributed by atoms with van der Waals surface area (Å²) in [4.78, 5) is 16.6. The smallest absolute Gasteiger partial charge is 0.254 e. The zero-order valence-electron chi connectivity index (χ0n) is 15.7. The largest absolute Gasteiger partial charge is 0.392 e. The highest BCUT2D eigenvalue weighted by Gasteiger charge is 2.20. The van der Waals surface area contributed by atoms with Crippen LogP contribution in [-0.4, -0.2) is 29.0 Å². The van der Waals surface area contributed by atoms with Crippen LogP contribution in [0.25, 0.3) is 10.9 Å². The van der Waals surface area contributed by atoms with Crippen molar-refractivity contribution in [2.45, 2.75) is 24.3 Å². The third-order valence-electron chi connectivity index (χ3n) is 5.38. The molecule has 1 aromatic heterocycles. The van der Waals surface area contributed by atoms with Gasteiger partial charge in [-0.2, -0.15) is 0 Å². The molecule has 27 heavy (non-hydrogen) atoms. The number of hydrogen-bond donors (Lipinski definition) is 1. The van der Waals surface area contributed by atoms with Crippen LogP contribution in [0.2, 0.25) is 0 Å². The standard InChI is InChI=1S/C22H24N2O2S/c1-23-9-6-10-27-21-12-16-18(14-25)17(11-15-7-4-3-5-8-15)22(26)24(2)19(16)13-20(21)23/h3-5,7-8,12-13,25H,6,9-11,14H2,1-2H3. The first kappa shape index (κ1) is 18.1. The van der Waals surface area contributed by atoms with Crippen LogP contribution in [0.4, 0.5) is 5.69 Å². The average Bonchev–Trinajstić information content (AvgIpc) is 2.87. The minimum atomic E-state index is -0.131. The van der Waals surface area contributed by atoms with Crippen molar-refractivity contribution in [3.63, 3.8) is 0 Å². The van der Waals surface area contributed by atoms with Crippen LogP contribution >= 0.6 is 11.8 Å². The Hall–Kier alpha value is -2.24. The molecule has 2 aromatic carbocycles. The first-order chi connectivity index (χ1) is 13.1. The summed E-state index contributed by atoms with van der Waals surface area (Å²) >= 11 is 1.86. The second kappa shape index (κ2) is 7.41. The predicted octanol–water partition coefficient (Wildman–Crippen LogP) is 3.55. The number of benzene rings is 2. The van der Waals surface area contributed by atoms with E-state index in [4.69, 9.17) is 0 Å². The lowest BCUT2D eigenvalue weighted by molar-refractivity contribution is 0.282. The number of aliphatic hydroxyl groups excluding tert-OH is 1. The van der Waals surface area contributed by atoms with Crippen LogP contribution < -0.4 is 10.5 Å². The van der Waals surface area contributed by atoms with Crippen molar-refractivity contribution in [3.8, 4) is 0 Å². The van der Waals surface area contributed by atoms with Gasteiger partial charge in [0.1, 0.15) is 0 Å². The molecule has 0 aliphatic carbocycles. The van der Waals surface area contributed by atoms with Crippen molar-refractivity contribution < 1.29 is 5.11 Å². The summed E-state index contributed by atoms with van der Waals surface area (Å²) in [6, 6.07) is 14.2. The molecule has 0 bridgehead atoms. The minimum absolute atomic E-state index is 0.0284. The lowest BCUT2D eigenvalue weighted by Crippen LogP contribution is -2.25. The molecular weight excluding hydrogens is 356 g/mol. The van der Waals surface area contributed by atoms with Crippen molar-refractivity contribution >= 4 is 28.4 Å². The van der Waals surface area contributed by atoms with Crippen LogP contribution in [0.15, 0.2) is 52.2 Å². The number of anilines is 1. The Morgan fingerprint density at radius 2 is 1.89 bits per heavy atom. The van der Waals surface area contributed by atoms with Gasteiger partial charge in [-0.05, 0) is 35.4 Å². The number of aryl methyl sites for hydroxylation is 1. The van der Waals surface area contributed by atoms with Gasteiger partial charge in [0.2, 0.25) is 0 Å². The zero-order valence-corrected chi connectivity index (χ0v) is 16.6. The Morgan fingerprint density at radius 1 is 1.11 bits per heavy atom. The van der Waals surface area contributed by atoms with E-state index in [1.807, 2.05) is 49.1 Å². The Morgan fingerprint density at radius 3 is 2.63 bits per heavy atom. The molecule has 0 spiro atoms. The van der Waals surface area contributed by atoms with Crippen molar-refractivity contribution in [2.75, 3.05) is 24.2 Å². The minimum Gasteiger partial charge on any atom is -0.392 e. The second-order valence-electron chi connectivity index (χ2n) is 7.10. The van der Waals surface area contributed by atoms with Gasteiger partial charge in [0, 0.05) is 42.9 Å². The van der Waals surface area contributed by atoms with E-state index in [9.17, 15) is 9.90 Å². The summed E-state index contributed by atoms with van der Waals surface area (Å²) < 4.78 is 1.73. The third kappa shape index (κ3) is 3.26. The zero-order chi connectivity index (χ0) is 19.0. The number of hydrogen-bond acceptors (Lipinski definition) is 4. The first-order valence-corrected chi connectivity index (χ1v) is 10.3. The van der Waals surface area contributed by atoms with E-state index < -0.39 is 0 Å². The van der Waals surface area contributed by atoms with E-state index in [-0.39, 0.29) is 12.2 Å². The highest BCUT2D eigenvalue weighted by molar-refractivity contribution is 7.99. The summed E-state index contributed by atoms with van der Waals surface area (Å²) in [6.07, 6.45) is 1.67. The summed E-state index contributed by atoms with van der Waals surface area (Å²) in [7, 11) is 3.93. The molecule has 0 radical (unpaired) electrons. The van der Waals surface area contributed by atoms with E-state index in [1.54, 1.807) is 4.57 Å². The van der Waals surface area contributed by atoms with Crippen molar-refractivity contribution in [1.29, 1.82) is 0 Å². The van der Waals surface area contributed by atoms with Gasteiger partial charge in [0.15, 0.2) is 0 Å². The molecule has 4 nitrogen and oxygen atoms in total. The topological polar surface area (TPSA) is 45.5 Å². The third-order valence-corrected chi connectivity index (χ3v) is 6.51. The Labute approximate surface area is 163 Å². The predicted molar refractivity (Wildman–Crippen MR) is 113 cm³/mol. The Bertz CT molecular complexity index is 1040. The van der Waals surface area contributed by atoms with Crippen LogP contribution in [0.5, 0.6) is 0 Å². The second-order valence-corrected chi connectivity index (χ2v) is 8.24. The molecule has 4 rings (SSSR count). The van der Waals surface area contributed by atoms with Gasteiger partial charge in [-0.25, -0.2) is 0 Å². The number of aliphatic hydroxyl groups is 1. The molecule has 1 N–H and O–H groups in total. The summed E-state index contributed by atoms with van der Waals surface area (Å²) in [5, 5.41) is 11.1. The van der Waals surface area contributed by atoms with Gasteiger partial charge in [-0.1, -0.05) is 30.3 Å². The molecule has 3 aromatic rings. The van der Waals surface area contributed by atoms with Crippen LogP contribution in [0.1, 0.15) is 23.1 Å². The van der Waals surface area contributed by atoms with Crippen LogP contribution in [0.3, 0.4) is 0 Å². The van der Waals surface area contributed by atoms with Crippen LogP contribution in [0, 0.1) is 0 Å². The normalized spacial score (nSPS) is 14.3. The van der Waals surface area contributed by atoms with Gasteiger partial charge < -0.3 is 14.6 Å². The highest BCUT2D eigenvalue weighted by Crippen LogP contribution is 2.37. The molecule has 2 heterocycles. The summed E-state index contributed by atoms with van der Waals surface area (Å²) in [5.74, 6) is 1.08. The van der Waals surface area contributed by atoms with Gasteiger partial charge in [0.05, 0.1) is 17.8 Å². The number of rotatable bonds is 3. The molecule has 0 atom stereocenters. The molecule has 0 saturated carbocycles. The lowest BCUT2D eigenvalue weighted by Gasteiger charge is -2.22. The summed E-state index contributed by atoms with van der Waals surface area (Å²) in [6.45, 7) is 0.881. The highest BCUT2D eigenvalue weighted by atomic mass is 32.2. The molecule has 140 valence electrons. The number of fused-ring (bicyclic) bond motifs is 2. The maximum atomic E-state index is 13.1. The molecule has 1 aliphatic rings. The maximum Gasteiger partial charge on any atom is 0.254 e. The monoisotopic (exact) mass is 380 g/mol. The fourth-order valence-corrected chi connectivity index (χ4v) is 4.92. The van der Waals surface area contributed by atoms with Gasteiger partial charge in [-0.3, -0.25) is 4.79 Å². The summed E-state index contributed by atoms with van der Waals surface area (Å²) in [5.41, 5.74) is 4.54. The quantitative estimate of drug-likeness (QED) is 0.755. The van der Waals surface area contributed by atoms with Crippen molar-refractivity contribution in [1.82, 2.24) is 4.57 Å². The van der Waals surface area contributed by atoms with E-state index in [0.29, 0.717) is 12.0 Å². The Balaban J connectivity index is 1.97. The maximum absolute atomic E-state index is 13.1. The van der Waals surface area contributed by atoms with Gasteiger partial charge in [0.25, 0.3) is 5.56 Å². The van der Waals surface area contributed by atoms with E-state index >= 15 is 0 Å². The lowest BCUT2D eigenvalue weighted by atomic mass is 9.97. The fraction of sp³-hybridized carbons (Fsp3) is 0.318. The number of nitrogens with zero attached hydrogens (tertiary/aromatic N) is 2. The SMILES string of the molecule is CN1CCCSc2cc3c(CO)c(Cc4ccccc4)c(=O)n(C)c3cc21. The molecule has 0 fully saturated rings. The first-order valence-electron chi connectivity index (χ1n) is 9.27. The molecule has 0 saturated heterocycles. The number of aromatic nitrogens is 1. The average molecular weight is 381 g/mol. The molecule has 5 heteroatoms. The number of thioether (sulfide) groups is 1. The Kier molecular flexibility index (Phi) is 4.98. The van der Waals surface area contributed by atoms with E-state index in [0.717, 1.165) is 40.7 Å². The van der Waals surface area contributed by atoms with Crippen molar-refractivity contribution in [3.05, 3.63) is 69.5 Å². The molecule has 0 unspecified atom stereocenters. The van der Waals surface area contributed by atoms with Crippen LogP contribution in [-0.2, 0) is 20.1 Å². The van der Waals surface area contributed by atoms with Gasteiger partial charge in [-0.15, -0.1) is 11.8 Å². The van der Waals surface area contributed by atoms with Gasteiger partial charge >= 0.3 is 0 Å².